The monoisotopic (exact) mass is 297 g/mol. The number of para-hydroxylation sites is 1. The first kappa shape index (κ1) is 15.0. The van der Waals surface area contributed by atoms with Crippen LogP contribution in [0, 0.1) is 5.82 Å². The van der Waals surface area contributed by atoms with E-state index < -0.39 is 0 Å². The highest BCUT2D eigenvalue weighted by Crippen LogP contribution is 2.36. The van der Waals surface area contributed by atoms with Crippen molar-refractivity contribution in [2.45, 2.75) is 19.3 Å². The molecule has 0 atom stereocenters. The van der Waals surface area contributed by atoms with E-state index in [1.54, 1.807) is 12.1 Å². The number of hydrogen-bond acceptors (Lipinski definition) is 2. The molecule has 2 nitrogen and oxygen atoms in total. The van der Waals surface area contributed by atoms with Crippen molar-refractivity contribution in [1.82, 2.24) is 4.90 Å². The molecule has 0 saturated carbocycles. The molecule has 2 aromatic carbocycles. The van der Waals surface area contributed by atoms with Gasteiger partial charge in [0.25, 0.3) is 0 Å². The van der Waals surface area contributed by atoms with E-state index in [4.69, 9.17) is 0 Å². The molecule has 0 aromatic heterocycles. The molecule has 22 heavy (non-hydrogen) atoms. The highest BCUT2D eigenvalue weighted by molar-refractivity contribution is 5.71. The molecule has 116 valence electrons. The summed E-state index contributed by atoms with van der Waals surface area (Å²) in [6.07, 6.45) is 2.95. The number of anilines is 2. The predicted molar refractivity (Wildman–Crippen MR) is 90.4 cm³/mol. The minimum absolute atomic E-state index is 0.141. The minimum atomic E-state index is -0.141. The van der Waals surface area contributed by atoms with Gasteiger partial charge in [-0.2, -0.15) is 0 Å². The molecule has 1 aliphatic heterocycles. The van der Waals surface area contributed by atoms with Crippen LogP contribution in [0.25, 0.3) is 0 Å². The van der Waals surface area contributed by atoms with Crippen molar-refractivity contribution in [2.75, 3.05) is 32.1 Å². The Bertz CT molecular complexity index is 652. The van der Waals surface area contributed by atoms with Crippen molar-refractivity contribution in [3.05, 3.63) is 59.4 Å². The van der Waals surface area contributed by atoms with E-state index in [9.17, 15) is 4.39 Å². The zero-order valence-corrected chi connectivity index (χ0v) is 13.3. The summed E-state index contributed by atoms with van der Waals surface area (Å²) in [7, 11) is 4.19. The van der Waals surface area contributed by atoms with Crippen molar-refractivity contribution < 1.29 is 4.39 Å². The standard InChI is InChI=1S/C19H23FN2/c1-21(2)12-5-13-22-18-7-4-3-6-15(18)8-9-16-14-17(20)10-11-19(16)22/h3-4,6-7,10-11,14H,5,8-9,12-13H2,1-2H3/i20-1. The Morgan fingerprint density at radius 3 is 2.55 bits per heavy atom. The second-order valence-electron chi connectivity index (χ2n) is 6.21. The zero-order chi connectivity index (χ0) is 15.5. The lowest BCUT2D eigenvalue weighted by Crippen LogP contribution is -2.24. The van der Waals surface area contributed by atoms with Gasteiger partial charge in [-0.1, -0.05) is 18.2 Å². The van der Waals surface area contributed by atoms with Crippen LogP contribution in [0.1, 0.15) is 17.5 Å². The van der Waals surface area contributed by atoms with Crippen LogP contribution < -0.4 is 4.90 Å². The van der Waals surface area contributed by atoms with Crippen molar-refractivity contribution >= 4 is 11.4 Å². The summed E-state index contributed by atoms with van der Waals surface area (Å²) in [5.41, 5.74) is 4.89. The fraction of sp³-hybridized carbons (Fsp3) is 0.368. The summed E-state index contributed by atoms with van der Waals surface area (Å²) < 4.78 is 13.6. The van der Waals surface area contributed by atoms with Crippen LogP contribution in [-0.4, -0.2) is 32.1 Å². The average molecular weight is 297 g/mol. The molecule has 0 saturated heterocycles. The Morgan fingerprint density at radius 2 is 1.73 bits per heavy atom. The maximum atomic E-state index is 13.6. The molecule has 1 aliphatic rings. The second-order valence-corrected chi connectivity index (χ2v) is 6.21. The summed E-state index contributed by atoms with van der Waals surface area (Å²) in [4.78, 5) is 4.57. The van der Waals surface area contributed by atoms with Gasteiger partial charge in [-0.05, 0) is 75.3 Å². The average Bonchev–Trinajstić information content (AvgIpc) is 2.64. The fourth-order valence-electron chi connectivity index (χ4n) is 3.19. The van der Waals surface area contributed by atoms with Gasteiger partial charge in [-0.3, -0.25) is 0 Å². The van der Waals surface area contributed by atoms with Crippen LogP contribution >= 0.6 is 0 Å². The predicted octanol–water partition coefficient (Wildman–Crippen LogP) is 4.01. The second kappa shape index (κ2) is 6.49. The van der Waals surface area contributed by atoms with Crippen molar-refractivity contribution in [3.8, 4) is 0 Å². The Morgan fingerprint density at radius 1 is 1.00 bits per heavy atom. The number of aryl methyl sites for hydroxylation is 2. The first-order valence-electron chi connectivity index (χ1n) is 7.94. The van der Waals surface area contributed by atoms with Gasteiger partial charge in [0.1, 0.15) is 5.82 Å². The van der Waals surface area contributed by atoms with Gasteiger partial charge in [-0.15, -0.1) is 0 Å². The SMILES string of the molecule is CN(C)CCCN1c2ccccc2CCc2cc([18F])ccc21. The molecule has 2 aromatic rings. The lowest BCUT2D eigenvalue weighted by molar-refractivity contribution is 0.402. The normalized spacial score (nSPS) is 13.7. The molecule has 3 rings (SSSR count). The molecule has 0 bridgehead atoms. The number of rotatable bonds is 4. The Hall–Kier alpha value is -1.87. The number of benzene rings is 2. The van der Waals surface area contributed by atoms with E-state index in [1.165, 1.54) is 11.3 Å². The van der Waals surface area contributed by atoms with E-state index >= 15 is 0 Å². The smallest absolute Gasteiger partial charge is 0.123 e. The molecule has 3 heteroatoms. The molecular formula is C19H23FN2. The van der Waals surface area contributed by atoms with Gasteiger partial charge in [0.05, 0.1) is 0 Å². The number of nitrogens with zero attached hydrogens (tertiary/aromatic N) is 2. The molecule has 0 spiro atoms. The van der Waals surface area contributed by atoms with Crippen molar-refractivity contribution in [2.24, 2.45) is 0 Å². The fourth-order valence-corrected chi connectivity index (χ4v) is 3.19. The van der Waals surface area contributed by atoms with E-state index in [-0.39, 0.29) is 5.82 Å². The van der Waals surface area contributed by atoms with Gasteiger partial charge >= 0.3 is 0 Å². The van der Waals surface area contributed by atoms with Gasteiger partial charge < -0.3 is 9.80 Å². The van der Waals surface area contributed by atoms with Gasteiger partial charge in [-0.25, -0.2) is 4.39 Å². The maximum absolute atomic E-state index is 13.6. The third-order valence-electron chi connectivity index (χ3n) is 4.27. The first-order valence-corrected chi connectivity index (χ1v) is 7.94. The van der Waals surface area contributed by atoms with E-state index in [2.05, 4.69) is 48.2 Å². The number of halogens is 1. The van der Waals surface area contributed by atoms with Crippen molar-refractivity contribution in [1.29, 1.82) is 0 Å². The summed E-state index contributed by atoms with van der Waals surface area (Å²) >= 11 is 0. The number of hydrogen-bond donors (Lipinski definition) is 0. The van der Waals surface area contributed by atoms with Crippen LogP contribution in [0.5, 0.6) is 0 Å². The first-order chi connectivity index (χ1) is 10.6. The van der Waals surface area contributed by atoms with Crippen LogP contribution in [0.15, 0.2) is 42.5 Å². The molecule has 0 aliphatic carbocycles. The van der Waals surface area contributed by atoms with Crippen molar-refractivity contribution in [3.63, 3.8) is 0 Å². The van der Waals surface area contributed by atoms with E-state index in [1.807, 2.05) is 6.07 Å². The Labute approximate surface area is 132 Å². The van der Waals surface area contributed by atoms with Crippen LogP contribution in [0.3, 0.4) is 0 Å². The highest BCUT2D eigenvalue weighted by atomic mass is 18.2. The lowest BCUT2D eigenvalue weighted by Gasteiger charge is -2.27. The molecule has 0 fully saturated rings. The van der Waals surface area contributed by atoms with Gasteiger partial charge in [0.2, 0.25) is 0 Å². The molecule has 0 amide bonds. The van der Waals surface area contributed by atoms with Crippen LogP contribution in [0.4, 0.5) is 15.8 Å². The topological polar surface area (TPSA) is 6.48 Å². The Balaban J connectivity index is 1.97. The number of fused-ring (bicyclic) bond motifs is 2. The summed E-state index contributed by atoms with van der Waals surface area (Å²) in [5.74, 6) is -0.141. The highest BCUT2D eigenvalue weighted by Gasteiger charge is 2.20. The van der Waals surface area contributed by atoms with Gasteiger partial charge in [0, 0.05) is 17.9 Å². The summed E-state index contributed by atoms with van der Waals surface area (Å²) in [6, 6.07) is 13.8. The lowest BCUT2D eigenvalue weighted by atomic mass is 10.0. The van der Waals surface area contributed by atoms with Crippen LogP contribution in [-0.2, 0) is 12.8 Å². The molecule has 0 N–H and O–H groups in total. The third-order valence-corrected chi connectivity index (χ3v) is 4.27. The molecular weight excluding hydrogens is 274 g/mol. The zero-order valence-electron chi connectivity index (χ0n) is 13.3. The largest absolute Gasteiger partial charge is 0.341 e. The third kappa shape index (κ3) is 3.14. The quantitative estimate of drug-likeness (QED) is 0.841. The minimum Gasteiger partial charge on any atom is -0.341 e. The Kier molecular flexibility index (Phi) is 4.44. The van der Waals surface area contributed by atoms with Gasteiger partial charge in [0.15, 0.2) is 0 Å². The molecule has 1 heterocycles. The van der Waals surface area contributed by atoms with E-state index in [0.717, 1.165) is 43.6 Å². The summed E-state index contributed by atoms with van der Waals surface area (Å²) in [6.45, 7) is 2.00. The maximum Gasteiger partial charge on any atom is 0.123 e. The molecule has 0 radical (unpaired) electrons. The molecule has 0 unspecified atom stereocenters. The van der Waals surface area contributed by atoms with Crippen LogP contribution in [0.2, 0.25) is 0 Å². The van der Waals surface area contributed by atoms with E-state index in [0.29, 0.717) is 0 Å². The summed E-state index contributed by atoms with van der Waals surface area (Å²) in [5, 5.41) is 0.